The lowest BCUT2D eigenvalue weighted by atomic mass is 10.1. The van der Waals surface area contributed by atoms with Gasteiger partial charge in [0.05, 0.1) is 16.1 Å². The summed E-state index contributed by atoms with van der Waals surface area (Å²) in [5, 5.41) is 31.3. The number of nitriles is 1. The molecule has 2 N–H and O–H groups in total. The zero-order valence-corrected chi connectivity index (χ0v) is 14.7. The molecular formula is C21H14BrNO2. The van der Waals surface area contributed by atoms with E-state index in [1.54, 1.807) is 36.4 Å². The largest absolute Gasteiger partial charge is 0.508 e. The Bertz CT molecular complexity index is 1100. The molecular weight excluding hydrogens is 378 g/mol. The minimum atomic E-state index is 0.247. The van der Waals surface area contributed by atoms with Gasteiger partial charge in [-0.1, -0.05) is 42.5 Å². The zero-order chi connectivity index (χ0) is 17.8. The summed E-state index contributed by atoms with van der Waals surface area (Å²) >= 11 is 3.33. The number of benzene rings is 4. The van der Waals surface area contributed by atoms with Crippen LogP contribution in [0.3, 0.4) is 0 Å². The number of phenolic OH excluding ortho intramolecular Hbond substituents is 2. The fourth-order valence-corrected chi connectivity index (χ4v) is 3.02. The number of phenols is 2. The van der Waals surface area contributed by atoms with E-state index in [0.717, 1.165) is 26.0 Å². The van der Waals surface area contributed by atoms with E-state index in [2.05, 4.69) is 22.0 Å². The van der Waals surface area contributed by atoms with E-state index < -0.39 is 0 Å². The van der Waals surface area contributed by atoms with E-state index >= 15 is 0 Å². The van der Waals surface area contributed by atoms with Crippen molar-refractivity contribution in [2.45, 2.75) is 0 Å². The molecule has 0 spiro atoms. The second kappa shape index (κ2) is 7.25. The first-order valence-corrected chi connectivity index (χ1v) is 8.37. The third-order valence-electron chi connectivity index (χ3n) is 3.80. The molecule has 4 aromatic carbocycles. The van der Waals surface area contributed by atoms with Gasteiger partial charge in [0.2, 0.25) is 0 Å². The van der Waals surface area contributed by atoms with E-state index in [-0.39, 0.29) is 11.5 Å². The summed E-state index contributed by atoms with van der Waals surface area (Å²) in [6.07, 6.45) is 0. The molecule has 122 valence electrons. The number of aromatic hydroxyl groups is 2. The average Bonchev–Trinajstić information content (AvgIpc) is 2.65. The van der Waals surface area contributed by atoms with Gasteiger partial charge in [0.1, 0.15) is 11.5 Å². The highest BCUT2D eigenvalue weighted by atomic mass is 79.9. The number of rotatable bonds is 0. The van der Waals surface area contributed by atoms with Gasteiger partial charge in [-0.2, -0.15) is 5.26 Å². The lowest BCUT2D eigenvalue weighted by molar-refractivity contribution is 0.473. The summed E-state index contributed by atoms with van der Waals surface area (Å²) in [5.74, 6) is 0.533. The highest BCUT2D eigenvalue weighted by Crippen LogP contribution is 2.31. The molecule has 0 unspecified atom stereocenters. The Labute approximate surface area is 153 Å². The summed E-state index contributed by atoms with van der Waals surface area (Å²) < 4.78 is 0.764. The molecule has 0 bridgehead atoms. The van der Waals surface area contributed by atoms with Crippen molar-refractivity contribution in [2.75, 3.05) is 0 Å². The Balaban J connectivity index is 0.000000146. The molecule has 0 aliphatic rings. The molecule has 0 saturated heterocycles. The first kappa shape index (κ1) is 16.8. The molecule has 0 aromatic heterocycles. The van der Waals surface area contributed by atoms with Crippen molar-refractivity contribution in [1.82, 2.24) is 0 Å². The van der Waals surface area contributed by atoms with E-state index in [0.29, 0.717) is 5.56 Å². The maximum atomic E-state index is 9.37. The highest BCUT2D eigenvalue weighted by Gasteiger charge is 2.01. The third-order valence-corrected chi connectivity index (χ3v) is 4.63. The fourth-order valence-electron chi connectivity index (χ4n) is 2.52. The van der Waals surface area contributed by atoms with Gasteiger partial charge in [0.25, 0.3) is 0 Å². The van der Waals surface area contributed by atoms with Crippen LogP contribution < -0.4 is 0 Å². The van der Waals surface area contributed by atoms with Gasteiger partial charge in [-0.3, -0.25) is 0 Å². The smallest absolute Gasteiger partial charge is 0.130 e. The Morgan fingerprint density at radius 2 is 1.44 bits per heavy atom. The van der Waals surface area contributed by atoms with Crippen LogP contribution in [-0.4, -0.2) is 10.2 Å². The molecule has 0 atom stereocenters. The first-order valence-electron chi connectivity index (χ1n) is 7.57. The van der Waals surface area contributed by atoms with Crippen LogP contribution in [0.1, 0.15) is 5.56 Å². The Morgan fingerprint density at radius 3 is 2.24 bits per heavy atom. The van der Waals surface area contributed by atoms with E-state index in [1.807, 2.05) is 36.4 Å². The zero-order valence-electron chi connectivity index (χ0n) is 13.1. The van der Waals surface area contributed by atoms with Crippen LogP contribution in [0, 0.1) is 11.3 Å². The Hall–Kier alpha value is -3.03. The fraction of sp³-hybridized carbons (Fsp3) is 0. The third kappa shape index (κ3) is 3.73. The van der Waals surface area contributed by atoms with Crippen molar-refractivity contribution in [2.24, 2.45) is 0 Å². The molecule has 0 aliphatic carbocycles. The molecule has 4 aromatic rings. The molecule has 0 amide bonds. The summed E-state index contributed by atoms with van der Waals surface area (Å²) in [6.45, 7) is 0. The molecule has 0 saturated carbocycles. The standard InChI is InChI=1S/C11H7NO.C10H7BrO/c12-7-8-1-2-10-6-11(13)4-3-9(10)5-8;11-10-8-4-2-1-3-7(8)5-6-9(10)12/h1-6,13H;1-6,12H. The van der Waals surface area contributed by atoms with Crippen molar-refractivity contribution in [3.63, 3.8) is 0 Å². The van der Waals surface area contributed by atoms with Crippen molar-refractivity contribution in [3.05, 3.63) is 82.8 Å². The van der Waals surface area contributed by atoms with Crippen molar-refractivity contribution in [1.29, 1.82) is 5.26 Å². The van der Waals surface area contributed by atoms with E-state index in [4.69, 9.17) is 5.26 Å². The van der Waals surface area contributed by atoms with Gasteiger partial charge in [-0.15, -0.1) is 0 Å². The summed E-state index contributed by atoms with van der Waals surface area (Å²) in [5.41, 5.74) is 0.637. The second-order valence-corrected chi connectivity index (χ2v) is 6.27. The topological polar surface area (TPSA) is 64.2 Å². The molecule has 4 heteroatoms. The van der Waals surface area contributed by atoms with Crippen molar-refractivity contribution >= 4 is 37.5 Å². The number of hydrogen-bond acceptors (Lipinski definition) is 3. The van der Waals surface area contributed by atoms with Crippen LogP contribution in [0.2, 0.25) is 0 Å². The number of hydrogen-bond donors (Lipinski definition) is 2. The van der Waals surface area contributed by atoms with Crippen LogP contribution in [0.25, 0.3) is 21.5 Å². The lowest BCUT2D eigenvalue weighted by Crippen LogP contribution is -1.75. The van der Waals surface area contributed by atoms with Gasteiger partial charge >= 0.3 is 0 Å². The van der Waals surface area contributed by atoms with Gasteiger partial charge in [0.15, 0.2) is 0 Å². The minimum absolute atomic E-state index is 0.247. The maximum Gasteiger partial charge on any atom is 0.130 e. The molecule has 4 rings (SSSR count). The average molecular weight is 392 g/mol. The Morgan fingerprint density at radius 1 is 0.760 bits per heavy atom. The Kier molecular flexibility index (Phi) is 4.87. The van der Waals surface area contributed by atoms with Gasteiger partial charge in [0, 0.05) is 0 Å². The highest BCUT2D eigenvalue weighted by molar-refractivity contribution is 9.10. The first-order chi connectivity index (χ1) is 12.1. The monoisotopic (exact) mass is 391 g/mol. The van der Waals surface area contributed by atoms with Crippen molar-refractivity contribution in [3.8, 4) is 17.6 Å². The van der Waals surface area contributed by atoms with Crippen LogP contribution in [0.5, 0.6) is 11.5 Å². The number of halogens is 1. The molecule has 3 nitrogen and oxygen atoms in total. The van der Waals surface area contributed by atoms with E-state index in [1.165, 1.54) is 0 Å². The molecule has 25 heavy (non-hydrogen) atoms. The van der Waals surface area contributed by atoms with Gasteiger partial charge in [-0.25, -0.2) is 0 Å². The molecule has 0 fully saturated rings. The summed E-state index contributed by atoms with van der Waals surface area (Å²) in [6, 6.07) is 24.0. The molecule has 0 radical (unpaired) electrons. The second-order valence-electron chi connectivity index (χ2n) is 5.48. The predicted octanol–water partition coefficient (Wildman–Crippen LogP) is 5.72. The summed E-state index contributed by atoms with van der Waals surface area (Å²) in [4.78, 5) is 0. The number of nitrogens with zero attached hydrogens (tertiary/aromatic N) is 1. The van der Waals surface area contributed by atoms with Crippen LogP contribution in [0.15, 0.2) is 77.3 Å². The molecule has 0 aliphatic heterocycles. The van der Waals surface area contributed by atoms with Crippen LogP contribution >= 0.6 is 15.9 Å². The van der Waals surface area contributed by atoms with Crippen LogP contribution in [-0.2, 0) is 0 Å². The van der Waals surface area contributed by atoms with Crippen LogP contribution in [0.4, 0.5) is 0 Å². The van der Waals surface area contributed by atoms with Gasteiger partial charge in [-0.05, 0) is 67.8 Å². The minimum Gasteiger partial charge on any atom is -0.508 e. The number of fused-ring (bicyclic) bond motifs is 2. The summed E-state index contributed by atoms with van der Waals surface area (Å²) in [7, 11) is 0. The van der Waals surface area contributed by atoms with E-state index in [9.17, 15) is 10.2 Å². The SMILES string of the molecule is N#Cc1ccc2cc(O)ccc2c1.Oc1ccc2ccccc2c1Br. The van der Waals surface area contributed by atoms with Crippen molar-refractivity contribution < 1.29 is 10.2 Å². The normalized spacial score (nSPS) is 10.1. The quantitative estimate of drug-likeness (QED) is 0.402. The van der Waals surface area contributed by atoms with Gasteiger partial charge < -0.3 is 10.2 Å². The lowest BCUT2D eigenvalue weighted by Gasteiger charge is -2.01. The predicted molar refractivity (Wildman–Crippen MR) is 104 cm³/mol. The molecule has 0 heterocycles. The maximum absolute atomic E-state index is 9.37.